The van der Waals surface area contributed by atoms with Crippen molar-refractivity contribution in [2.24, 2.45) is 0 Å². The molecule has 0 bridgehead atoms. The maximum atomic E-state index is 11.6. The van der Waals surface area contributed by atoms with E-state index in [0.717, 1.165) is 37.5 Å². The van der Waals surface area contributed by atoms with E-state index in [1.54, 1.807) is 30.3 Å². The van der Waals surface area contributed by atoms with Gasteiger partial charge in [0.15, 0.2) is 0 Å². The van der Waals surface area contributed by atoms with Gasteiger partial charge >= 0.3 is 0 Å². The summed E-state index contributed by atoms with van der Waals surface area (Å²) in [5.74, 6) is 1.05. The van der Waals surface area contributed by atoms with Crippen LogP contribution in [0.1, 0.15) is 17.0 Å². The highest BCUT2D eigenvalue weighted by Crippen LogP contribution is 2.46. The van der Waals surface area contributed by atoms with E-state index in [2.05, 4.69) is 16.8 Å². The van der Waals surface area contributed by atoms with Gasteiger partial charge < -0.3 is 9.64 Å². The Morgan fingerprint density at radius 2 is 2.32 bits per heavy atom. The molecular weight excluding hydrogens is 318 g/mol. The maximum Gasteiger partial charge on any atom is 0.248 e. The number of amides is 1. The van der Waals surface area contributed by atoms with Crippen LogP contribution in [0.25, 0.3) is 0 Å². The number of likely N-dealkylation sites (tertiary alicyclic amines) is 1. The highest BCUT2D eigenvalue weighted by Gasteiger charge is 2.49. The van der Waals surface area contributed by atoms with E-state index in [1.807, 2.05) is 17.3 Å². The number of carbonyl (C=O) groups is 1. The molecule has 1 atom stereocenters. The number of ether oxygens (including phenoxy) is 1. The Balaban J connectivity index is 1.42. The maximum absolute atomic E-state index is 11.6. The van der Waals surface area contributed by atoms with Gasteiger partial charge in [-0.25, -0.2) is 4.98 Å². The number of likely N-dealkylation sites (N-methyl/N-ethyl adjacent to an activating group) is 1. The fraction of sp³-hybridized carbons (Fsp3) is 0.733. The Hall–Kier alpha value is -0.630. The fourth-order valence-electron chi connectivity index (χ4n) is 3.01. The van der Waals surface area contributed by atoms with Crippen LogP contribution >= 0.6 is 23.1 Å². The molecule has 2 saturated heterocycles. The topological polar surface area (TPSA) is 45.7 Å². The molecule has 1 aromatic rings. The number of thioether (sulfide) groups is 1. The third kappa shape index (κ3) is 3.48. The number of hydrogen-bond acceptors (Lipinski definition) is 6. The van der Waals surface area contributed by atoms with Crippen LogP contribution in [-0.4, -0.2) is 71.1 Å². The first-order valence-electron chi connectivity index (χ1n) is 7.54. The smallest absolute Gasteiger partial charge is 0.248 e. The Morgan fingerprint density at radius 3 is 2.95 bits per heavy atom. The van der Waals surface area contributed by atoms with Crippen LogP contribution in [0.3, 0.4) is 0 Å². The lowest BCUT2D eigenvalue weighted by atomic mass is 9.93. The minimum absolute atomic E-state index is 0.0434. The Labute approximate surface area is 140 Å². The van der Waals surface area contributed by atoms with Crippen molar-refractivity contribution in [2.75, 3.05) is 39.5 Å². The second kappa shape index (κ2) is 6.47. The SMILES string of the molecule is Cc1ncsc1CN1CC2(C[C@H](OCC(=O)N(C)C)CS2)C1. The zero-order valence-corrected chi connectivity index (χ0v) is 15.0. The quantitative estimate of drug-likeness (QED) is 0.814. The van der Waals surface area contributed by atoms with E-state index in [9.17, 15) is 4.79 Å². The number of aryl methyl sites for hydroxylation is 1. The number of nitrogens with zero attached hydrogens (tertiary/aromatic N) is 3. The van der Waals surface area contributed by atoms with Crippen molar-refractivity contribution in [1.29, 1.82) is 0 Å². The molecule has 0 aliphatic carbocycles. The van der Waals surface area contributed by atoms with Gasteiger partial charge in [-0.15, -0.1) is 23.1 Å². The molecule has 3 heterocycles. The fourth-order valence-corrected chi connectivity index (χ4v) is 5.43. The van der Waals surface area contributed by atoms with Gasteiger partial charge in [0.2, 0.25) is 5.91 Å². The van der Waals surface area contributed by atoms with Crippen molar-refractivity contribution in [1.82, 2.24) is 14.8 Å². The number of carbonyl (C=O) groups excluding carboxylic acids is 1. The lowest BCUT2D eigenvalue weighted by molar-refractivity contribution is -0.135. The minimum atomic E-state index is 0.0434. The number of rotatable bonds is 5. The predicted molar refractivity (Wildman–Crippen MR) is 90.4 cm³/mol. The van der Waals surface area contributed by atoms with E-state index >= 15 is 0 Å². The highest BCUT2D eigenvalue weighted by atomic mass is 32.2. The van der Waals surface area contributed by atoms with Crippen molar-refractivity contribution in [3.8, 4) is 0 Å². The largest absolute Gasteiger partial charge is 0.367 e. The molecule has 7 heteroatoms. The van der Waals surface area contributed by atoms with Crippen molar-refractivity contribution >= 4 is 29.0 Å². The van der Waals surface area contributed by atoms with Gasteiger partial charge in [-0.2, -0.15) is 0 Å². The van der Waals surface area contributed by atoms with Crippen LogP contribution in [0, 0.1) is 6.92 Å². The van der Waals surface area contributed by atoms with Crippen LogP contribution in [-0.2, 0) is 16.1 Å². The molecule has 1 amide bonds. The molecule has 2 aliphatic rings. The molecule has 0 unspecified atom stereocenters. The van der Waals surface area contributed by atoms with Crippen molar-refractivity contribution < 1.29 is 9.53 Å². The Morgan fingerprint density at radius 1 is 1.55 bits per heavy atom. The summed E-state index contributed by atoms with van der Waals surface area (Å²) in [4.78, 5) is 21.3. The molecule has 22 heavy (non-hydrogen) atoms. The van der Waals surface area contributed by atoms with Crippen LogP contribution in [0.4, 0.5) is 0 Å². The van der Waals surface area contributed by atoms with Crippen LogP contribution in [0.5, 0.6) is 0 Å². The normalized spacial score (nSPS) is 23.7. The second-order valence-corrected chi connectivity index (χ2v) is 8.85. The average molecular weight is 342 g/mol. The molecule has 122 valence electrons. The van der Waals surface area contributed by atoms with Crippen LogP contribution < -0.4 is 0 Å². The molecule has 1 spiro atoms. The van der Waals surface area contributed by atoms with Crippen LogP contribution in [0.2, 0.25) is 0 Å². The van der Waals surface area contributed by atoms with Gasteiger partial charge in [0, 0.05) is 49.1 Å². The van der Waals surface area contributed by atoms with Gasteiger partial charge in [-0.1, -0.05) is 0 Å². The first-order chi connectivity index (χ1) is 10.5. The summed E-state index contributed by atoms with van der Waals surface area (Å²) in [5.41, 5.74) is 3.09. The van der Waals surface area contributed by atoms with Crippen molar-refractivity contribution in [3.05, 3.63) is 16.1 Å². The van der Waals surface area contributed by atoms with Crippen molar-refractivity contribution in [3.63, 3.8) is 0 Å². The molecule has 0 radical (unpaired) electrons. The summed E-state index contributed by atoms with van der Waals surface area (Å²) < 4.78 is 6.13. The molecule has 0 saturated carbocycles. The van der Waals surface area contributed by atoms with Gasteiger partial charge in [0.05, 0.1) is 17.3 Å². The number of aromatic nitrogens is 1. The second-order valence-electron chi connectivity index (χ2n) is 6.43. The van der Waals surface area contributed by atoms with Gasteiger partial charge in [-0.3, -0.25) is 9.69 Å². The molecule has 2 aliphatic heterocycles. The summed E-state index contributed by atoms with van der Waals surface area (Å²) in [6.07, 6.45) is 1.29. The highest BCUT2D eigenvalue weighted by molar-refractivity contribution is 8.01. The third-order valence-corrected chi connectivity index (χ3v) is 6.85. The number of hydrogen-bond donors (Lipinski definition) is 0. The predicted octanol–water partition coefficient (Wildman–Crippen LogP) is 1.62. The summed E-state index contributed by atoms with van der Waals surface area (Å²) in [7, 11) is 3.53. The molecule has 5 nitrogen and oxygen atoms in total. The van der Waals surface area contributed by atoms with Crippen LogP contribution in [0.15, 0.2) is 5.51 Å². The lowest BCUT2D eigenvalue weighted by Gasteiger charge is -2.47. The standard InChI is InChI=1S/C15H23N3O2S2/c1-11-13(21-10-16-11)5-18-8-15(9-18)4-12(7-22-15)20-6-14(19)17(2)3/h10,12H,4-9H2,1-3H3/t12-/m0/s1. The summed E-state index contributed by atoms with van der Waals surface area (Å²) in [6.45, 7) is 5.55. The molecule has 0 N–H and O–H groups in total. The summed E-state index contributed by atoms with van der Waals surface area (Å²) in [5, 5.41) is 0. The monoisotopic (exact) mass is 341 g/mol. The van der Waals surface area contributed by atoms with E-state index in [0.29, 0.717) is 4.75 Å². The van der Waals surface area contributed by atoms with E-state index in [1.165, 1.54) is 4.88 Å². The number of thiazole rings is 1. The first-order valence-corrected chi connectivity index (χ1v) is 9.41. The Kier molecular flexibility index (Phi) is 4.77. The molecular formula is C15H23N3O2S2. The van der Waals surface area contributed by atoms with Gasteiger partial charge in [0.1, 0.15) is 6.61 Å². The van der Waals surface area contributed by atoms with E-state index in [4.69, 9.17) is 4.74 Å². The molecule has 1 aromatic heterocycles. The average Bonchev–Trinajstić information content (AvgIpc) is 3.03. The summed E-state index contributed by atoms with van der Waals surface area (Å²) >= 11 is 3.76. The lowest BCUT2D eigenvalue weighted by Crippen LogP contribution is -2.58. The molecule has 0 aromatic carbocycles. The Bertz CT molecular complexity index is 541. The van der Waals surface area contributed by atoms with E-state index < -0.39 is 0 Å². The minimum Gasteiger partial charge on any atom is -0.367 e. The molecule has 2 fully saturated rings. The zero-order chi connectivity index (χ0) is 15.7. The van der Waals surface area contributed by atoms with Gasteiger partial charge in [0.25, 0.3) is 0 Å². The summed E-state index contributed by atoms with van der Waals surface area (Å²) in [6, 6.07) is 0. The van der Waals surface area contributed by atoms with Crippen molar-refractivity contribution in [2.45, 2.75) is 30.7 Å². The first kappa shape index (κ1) is 16.2. The van der Waals surface area contributed by atoms with Gasteiger partial charge in [-0.05, 0) is 13.3 Å². The molecule has 3 rings (SSSR count). The van der Waals surface area contributed by atoms with E-state index in [-0.39, 0.29) is 18.6 Å². The zero-order valence-electron chi connectivity index (χ0n) is 13.4. The third-order valence-electron chi connectivity index (χ3n) is 4.35.